The first-order chi connectivity index (χ1) is 6.10. The second-order valence-corrected chi connectivity index (χ2v) is 5.55. The average Bonchev–Trinajstić information content (AvgIpc) is 2.69. The standard InChI is InChI=1S/C11H16OS/c1-8-5-9(7-13-8)6-10(12)11(2)3-4-11/h5,7,10,12H,3-4,6H2,1-2H3. The second-order valence-electron chi connectivity index (χ2n) is 4.44. The van der Waals surface area contributed by atoms with E-state index < -0.39 is 0 Å². The van der Waals surface area contributed by atoms with Gasteiger partial charge in [-0.1, -0.05) is 6.92 Å². The minimum absolute atomic E-state index is 0.138. The van der Waals surface area contributed by atoms with Gasteiger partial charge in [-0.2, -0.15) is 0 Å². The summed E-state index contributed by atoms with van der Waals surface area (Å²) < 4.78 is 0. The molecule has 1 heterocycles. The van der Waals surface area contributed by atoms with Crippen molar-refractivity contribution in [3.63, 3.8) is 0 Å². The molecule has 1 aromatic rings. The Hall–Kier alpha value is -0.340. The fourth-order valence-electron chi connectivity index (χ4n) is 1.60. The lowest BCUT2D eigenvalue weighted by Crippen LogP contribution is -2.21. The van der Waals surface area contributed by atoms with Crippen LogP contribution in [0.25, 0.3) is 0 Å². The van der Waals surface area contributed by atoms with Crippen molar-refractivity contribution in [1.29, 1.82) is 0 Å². The third-order valence-electron chi connectivity index (χ3n) is 3.06. The molecule has 1 aliphatic rings. The summed E-state index contributed by atoms with van der Waals surface area (Å²) in [6.45, 7) is 4.29. The quantitative estimate of drug-likeness (QED) is 0.788. The lowest BCUT2D eigenvalue weighted by Gasteiger charge is -2.16. The fraction of sp³-hybridized carbons (Fsp3) is 0.636. The van der Waals surface area contributed by atoms with E-state index in [1.807, 2.05) is 0 Å². The van der Waals surface area contributed by atoms with Crippen molar-refractivity contribution in [2.75, 3.05) is 0 Å². The van der Waals surface area contributed by atoms with E-state index in [9.17, 15) is 5.11 Å². The summed E-state index contributed by atoms with van der Waals surface area (Å²) in [5.74, 6) is 0. The van der Waals surface area contributed by atoms with Crippen LogP contribution < -0.4 is 0 Å². The van der Waals surface area contributed by atoms with Crippen molar-refractivity contribution >= 4 is 11.3 Å². The van der Waals surface area contributed by atoms with Crippen LogP contribution in [-0.4, -0.2) is 11.2 Å². The van der Waals surface area contributed by atoms with Gasteiger partial charge in [0.15, 0.2) is 0 Å². The van der Waals surface area contributed by atoms with Gasteiger partial charge in [0.2, 0.25) is 0 Å². The van der Waals surface area contributed by atoms with Crippen LogP contribution in [-0.2, 0) is 6.42 Å². The highest BCUT2D eigenvalue weighted by Gasteiger charge is 2.43. The van der Waals surface area contributed by atoms with Crippen molar-refractivity contribution in [2.45, 2.75) is 39.2 Å². The van der Waals surface area contributed by atoms with E-state index in [0.29, 0.717) is 0 Å². The molecule has 72 valence electrons. The van der Waals surface area contributed by atoms with Crippen molar-refractivity contribution < 1.29 is 5.11 Å². The molecule has 1 aromatic heterocycles. The molecule has 0 radical (unpaired) electrons. The Morgan fingerprint density at radius 1 is 1.62 bits per heavy atom. The minimum Gasteiger partial charge on any atom is -0.392 e. The van der Waals surface area contributed by atoms with Gasteiger partial charge >= 0.3 is 0 Å². The van der Waals surface area contributed by atoms with E-state index in [1.165, 1.54) is 23.3 Å². The summed E-state index contributed by atoms with van der Waals surface area (Å²) in [6, 6.07) is 2.18. The maximum Gasteiger partial charge on any atom is 0.0634 e. The number of hydrogen-bond acceptors (Lipinski definition) is 2. The molecule has 1 N–H and O–H groups in total. The number of aliphatic hydroxyl groups is 1. The van der Waals surface area contributed by atoms with Crippen molar-refractivity contribution in [3.8, 4) is 0 Å². The van der Waals surface area contributed by atoms with E-state index in [-0.39, 0.29) is 11.5 Å². The lowest BCUT2D eigenvalue weighted by atomic mass is 9.96. The zero-order chi connectivity index (χ0) is 9.47. The Morgan fingerprint density at radius 3 is 2.77 bits per heavy atom. The van der Waals surface area contributed by atoms with Gasteiger partial charge in [-0.25, -0.2) is 0 Å². The van der Waals surface area contributed by atoms with Crippen molar-refractivity contribution in [2.24, 2.45) is 5.41 Å². The third-order valence-corrected chi connectivity index (χ3v) is 3.97. The van der Waals surface area contributed by atoms with Crippen LogP contribution in [0.4, 0.5) is 0 Å². The number of aryl methyl sites for hydroxylation is 1. The highest BCUT2D eigenvalue weighted by Crippen LogP contribution is 2.48. The molecule has 2 rings (SSSR count). The van der Waals surface area contributed by atoms with Crippen molar-refractivity contribution in [3.05, 3.63) is 21.9 Å². The Morgan fingerprint density at radius 2 is 2.31 bits per heavy atom. The van der Waals surface area contributed by atoms with Gasteiger partial charge in [0.1, 0.15) is 0 Å². The number of rotatable bonds is 3. The monoisotopic (exact) mass is 196 g/mol. The lowest BCUT2D eigenvalue weighted by molar-refractivity contribution is 0.103. The average molecular weight is 196 g/mol. The van der Waals surface area contributed by atoms with Crippen LogP contribution in [0.15, 0.2) is 11.4 Å². The van der Waals surface area contributed by atoms with Crippen LogP contribution in [0.3, 0.4) is 0 Å². The van der Waals surface area contributed by atoms with E-state index in [4.69, 9.17) is 0 Å². The summed E-state index contributed by atoms with van der Waals surface area (Å²) in [5, 5.41) is 12.1. The summed E-state index contributed by atoms with van der Waals surface area (Å²) in [6.07, 6.45) is 3.08. The Labute approximate surface area is 83.4 Å². The zero-order valence-electron chi connectivity index (χ0n) is 8.21. The van der Waals surface area contributed by atoms with E-state index >= 15 is 0 Å². The fourth-order valence-corrected chi connectivity index (χ4v) is 2.33. The molecule has 1 atom stereocenters. The van der Waals surface area contributed by atoms with Gasteiger partial charge in [-0.3, -0.25) is 0 Å². The van der Waals surface area contributed by atoms with Gasteiger partial charge in [0, 0.05) is 4.88 Å². The molecule has 1 aliphatic carbocycles. The summed E-state index contributed by atoms with van der Waals surface area (Å²) in [4.78, 5) is 1.34. The van der Waals surface area contributed by atoms with Crippen LogP contribution in [0, 0.1) is 12.3 Å². The Balaban J connectivity index is 1.98. The molecule has 0 aromatic carbocycles. The maximum atomic E-state index is 9.92. The van der Waals surface area contributed by atoms with E-state index in [0.717, 1.165) is 6.42 Å². The van der Waals surface area contributed by atoms with Gasteiger partial charge < -0.3 is 5.11 Å². The molecule has 1 fully saturated rings. The molecule has 0 amide bonds. The maximum absolute atomic E-state index is 9.92. The van der Waals surface area contributed by atoms with Crippen LogP contribution in [0.5, 0.6) is 0 Å². The van der Waals surface area contributed by atoms with Gasteiger partial charge in [0.25, 0.3) is 0 Å². The normalized spacial score (nSPS) is 21.5. The predicted molar refractivity (Wildman–Crippen MR) is 56.1 cm³/mol. The number of aliphatic hydroxyl groups excluding tert-OH is 1. The van der Waals surface area contributed by atoms with Gasteiger partial charge in [0.05, 0.1) is 6.10 Å². The van der Waals surface area contributed by atoms with Gasteiger partial charge in [-0.05, 0) is 48.6 Å². The molecule has 1 nitrogen and oxygen atoms in total. The molecule has 1 unspecified atom stereocenters. The van der Waals surface area contributed by atoms with Crippen molar-refractivity contribution in [1.82, 2.24) is 0 Å². The molecule has 0 bridgehead atoms. The molecule has 0 aliphatic heterocycles. The molecular weight excluding hydrogens is 180 g/mol. The SMILES string of the molecule is Cc1cc(CC(O)C2(C)CC2)cs1. The molecule has 2 heteroatoms. The summed E-state index contributed by atoms with van der Waals surface area (Å²) in [7, 11) is 0. The minimum atomic E-state index is -0.138. The zero-order valence-corrected chi connectivity index (χ0v) is 9.03. The van der Waals surface area contributed by atoms with Gasteiger partial charge in [-0.15, -0.1) is 11.3 Å². The summed E-state index contributed by atoms with van der Waals surface area (Å²) >= 11 is 1.77. The first-order valence-electron chi connectivity index (χ1n) is 4.82. The smallest absolute Gasteiger partial charge is 0.0634 e. The highest BCUT2D eigenvalue weighted by atomic mass is 32.1. The molecule has 1 saturated carbocycles. The molecule has 13 heavy (non-hydrogen) atoms. The van der Waals surface area contributed by atoms with E-state index in [1.54, 1.807) is 11.3 Å². The van der Waals surface area contributed by atoms with Crippen LogP contribution >= 0.6 is 11.3 Å². The highest BCUT2D eigenvalue weighted by molar-refractivity contribution is 7.10. The predicted octanol–water partition coefficient (Wildman–Crippen LogP) is 2.76. The van der Waals surface area contributed by atoms with Crippen LogP contribution in [0.1, 0.15) is 30.2 Å². The first kappa shape index (κ1) is 9.22. The number of hydrogen-bond donors (Lipinski definition) is 1. The Kier molecular flexibility index (Phi) is 2.20. The number of thiophene rings is 1. The summed E-state index contributed by atoms with van der Waals surface area (Å²) in [5.41, 5.74) is 1.53. The second kappa shape index (κ2) is 3.10. The van der Waals surface area contributed by atoms with E-state index in [2.05, 4.69) is 25.3 Å². The molecule has 0 spiro atoms. The first-order valence-corrected chi connectivity index (χ1v) is 5.70. The Bertz CT molecular complexity index is 299. The molecular formula is C11H16OS. The third kappa shape index (κ3) is 1.94. The topological polar surface area (TPSA) is 20.2 Å². The van der Waals surface area contributed by atoms with Crippen LogP contribution in [0.2, 0.25) is 0 Å². The molecule has 0 saturated heterocycles. The largest absolute Gasteiger partial charge is 0.392 e.